The number of halogens is 5. The molecular weight excluding hydrogens is 481 g/mol. The average molecular weight is 497 g/mol. The molecule has 1 aliphatic rings. The van der Waals surface area contributed by atoms with Gasteiger partial charge in [0.1, 0.15) is 23.2 Å². The van der Waals surface area contributed by atoms with Crippen molar-refractivity contribution in [2.75, 3.05) is 11.4 Å². The van der Waals surface area contributed by atoms with Crippen LogP contribution in [-0.4, -0.2) is 56.3 Å². The SMILES string of the molecule is C[C@H](NC(=O)c1cn(-c2ncc(F)cc2F)c2nc(N3C[C@@H](O)CC3=O)ccc2c1=O)C(F)(F)F. The number of aliphatic hydroxyl groups excluding tert-OH is 1. The van der Waals surface area contributed by atoms with Crippen molar-refractivity contribution in [3.8, 4) is 5.82 Å². The van der Waals surface area contributed by atoms with Gasteiger partial charge in [0.2, 0.25) is 11.3 Å². The van der Waals surface area contributed by atoms with E-state index in [0.29, 0.717) is 19.2 Å². The van der Waals surface area contributed by atoms with E-state index in [4.69, 9.17) is 0 Å². The second kappa shape index (κ2) is 8.69. The zero-order valence-corrected chi connectivity index (χ0v) is 17.8. The third kappa shape index (κ3) is 4.56. The highest BCUT2D eigenvalue weighted by Gasteiger charge is 2.37. The maximum Gasteiger partial charge on any atom is 0.408 e. The van der Waals surface area contributed by atoms with Crippen molar-refractivity contribution in [1.82, 2.24) is 19.9 Å². The van der Waals surface area contributed by atoms with Crippen LogP contribution < -0.4 is 15.6 Å². The van der Waals surface area contributed by atoms with Crippen molar-refractivity contribution < 1.29 is 36.6 Å². The zero-order chi connectivity index (χ0) is 25.7. The molecule has 0 saturated carbocycles. The molecule has 0 unspecified atom stereocenters. The van der Waals surface area contributed by atoms with Gasteiger partial charge in [-0.2, -0.15) is 13.2 Å². The molecule has 9 nitrogen and oxygen atoms in total. The Morgan fingerprint density at radius 1 is 1.26 bits per heavy atom. The summed E-state index contributed by atoms with van der Waals surface area (Å²) in [6, 6.07) is 0.563. The number of anilines is 1. The van der Waals surface area contributed by atoms with Gasteiger partial charge in [-0.15, -0.1) is 0 Å². The van der Waals surface area contributed by atoms with Crippen molar-refractivity contribution >= 4 is 28.7 Å². The molecule has 1 fully saturated rings. The van der Waals surface area contributed by atoms with E-state index in [1.54, 1.807) is 5.32 Å². The highest BCUT2D eigenvalue weighted by atomic mass is 19.4. The summed E-state index contributed by atoms with van der Waals surface area (Å²) >= 11 is 0. The summed E-state index contributed by atoms with van der Waals surface area (Å²) in [5.41, 5.74) is -2.10. The molecule has 3 aromatic heterocycles. The maximum atomic E-state index is 14.6. The lowest BCUT2D eigenvalue weighted by atomic mass is 10.1. The molecule has 4 heterocycles. The van der Waals surface area contributed by atoms with Crippen LogP contribution >= 0.6 is 0 Å². The third-order valence-corrected chi connectivity index (χ3v) is 5.32. The quantitative estimate of drug-likeness (QED) is 0.532. The van der Waals surface area contributed by atoms with Crippen LogP contribution in [0.15, 0.2) is 35.4 Å². The van der Waals surface area contributed by atoms with Crippen molar-refractivity contribution in [2.45, 2.75) is 31.7 Å². The maximum absolute atomic E-state index is 14.6. The number of aliphatic hydroxyl groups is 1. The monoisotopic (exact) mass is 497 g/mol. The molecule has 3 aromatic rings. The fourth-order valence-electron chi connectivity index (χ4n) is 3.52. The topological polar surface area (TPSA) is 117 Å². The Hall–Kier alpha value is -3.94. The summed E-state index contributed by atoms with van der Waals surface area (Å²) in [4.78, 5) is 46.6. The summed E-state index contributed by atoms with van der Waals surface area (Å²) in [6.07, 6.45) is -4.53. The number of hydrogen-bond donors (Lipinski definition) is 2. The molecule has 14 heteroatoms. The van der Waals surface area contributed by atoms with Crippen LogP contribution in [0.4, 0.5) is 27.8 Å². The lowest BCUT2D eigenvalue weighted by Crippen LogP contribution is -2.44. The molecule has 35 heavy (non-hydrogen) atoms. The molecule has 0 bridgehead atoms. The lowest BCUT2D eigenvalue weighted by molar-refractivity contribution is -0.149. The first-order valence-corrected chi connectivity index (χ1v) is 10.1. The molecule has 0 aliphatic carbocycles. The predicted molar refractivity (Wildman–Crippen MR) is 111 cm³/mol. The van der Waals surface area contributed by atoms with Gasteiger partial charge in [0.25, 0.3) is 5.91 Å². The van der Waals surface area contributed by atoms with Gasteiger partial charge in [0.15, 0.2) is 17.3 Å². The van der Waals surface area contributed by atoms with E-state index in [2.05, 4.69) is 9.97 Å². The summed E-state index contributed by atoms with van der Waals surface area (Å²) in [5, 5.41) is 11.1. The van der Waals surface area contributed by atoms with Crippen LogP contribution in [0.1, 0.15) is 23.7 Å². The predicted octanol–water partition coefficient (Wildman–Crippen LogP) is 1.84. The van der Waals surface area contributed by atoms with Crippen molar-refractivity contribution in [1.29, 1.82) is 0 Å². The fraction of sp³-hybridized carbons (Fsp3) is 0.286. The largest absolute Gasteiger partial charge is 0.408 e. The van der Waals surface area contributed by atoms with E-state index in [-0.39, 0.29) is 29.8 Å². The number of β-amino-alcohol motifs (C(OH)–C–C–N with tert-alkyl or cyclic N) is 1. The highest BCUT2D eigenvalue weighted by Crippen LogP contribution is 2.25. The minimum atomic E-state index is -4.79. The van der Waals surface area contributed by atoms with E-state index in [9.17, 15) is 41.4 Å². The Labute approximate surface area is 192 Å². The van der Waals surface area contributed by atoms with Crippen LogP contribution in [0, 0.1) is 11.6 Å². The number of hydrogen-bond acceptors (Lipinski definition) is 6. The van der Waals surface area contributed by atoms with E-state index in [1.807, 2.05) is 0 Å². The van der Waals surface area contributed by atoms with Crippen LogP contribution in [0.25, 0.3) is 16.9 Å². The molecule has 4 rings (SSSR count). The highest BCUT2D eigenvalue weighted by molar-refractivity contribution is 5.99. The number of nitrogens with zero attached hydrogens (tertiary/aromatic N) is 4. The molecule has 1 aliphatic heterocycles. The minimum absolute atomic E-state index is 0.0161. The molecule has 184 valence electrons. The van der Waals surface area contributed by atoms with Crippen LogP contribution in [0.3, 0.4) is 0 Å². The lowest BCUT2D eigenvalue weighted by Gasteiger charge is -2.19. The average Bonchev–Trinajstić information content (AvgIpc) is 3.11. The van der Waals surface area contributed by atoms with E-state index in [1.165, 1.54) is 6.07 Å². The van der Waals surface area contributed by atoms with Crippen molar-refractivity contribution in [3.05, 3.63) is 58.0 Å². The number of alkyl halides is 3. The zero-order valence-electron chi connectivity index (χ0n) is 17.8. The molecule has 2 N–H and O–H groups in total. The Morgan fingerprint density at radius 3 is 2.57 bits per heavy atom. The van der Waals surface area contributed by atoms with Gasteiger partial charge in [-0.1, -0.05) is 0 Å². The number of amides is 2. The Balaban J connectivity index is 1.93. The number of carbonyl (C=O) groups excluding carboxylic acids is 2. The number of pyridine rings is 3. The molecular formula is C21H16F5N5O4. The molecule has 0 radical (unpaired) electrons. The van der Waals surface area contributed by atoms with Gasteiger partial charge >= 0.3 is 6.18 Å². The first kappa shape index (κ1) is 24.2. The van der Waals surface area contributed by atoms with Crippen LogP contribution in [-0.2, 0) is 4.79 Å². The molecule has 0 aromatic carbocycles. The van der Waals surface area contributed by atoms with E-state index < -0.39 is 58.6 Å². The van der Waals surface area contributed by atoms with Gasteiger partial charge < -0.3 is 10.4 Å². The van der Waals surface area contributed by atoms with Crippen molar-refractivity contribution in [2.24, 2.45) is 0 Å². The Bertz CT molecular complexity index is 1410. The van der Waals surface area contributed by atoms with Gasteiger partial charge in [0, 0.05) is 12.3 Å². The normalized spacial score (nSPS) is 17.2. The second-order valence-electron chi connectivity index (χ2n) is 7.84. The number of aromatic nitrogens is 3. The first-order chi connectivity index (χ1) is 16.4. The fourth-order valence-corrected chi connectivity index (χ4v) is 3.52. The summed E-state index contributed by atoms with van der Waals surface area (Å²) in [5.74, 6) is -4.73. The van der Waals surface area contributed by atoms with Gasteiger partial charge in [-0.3, -0.25) is 23.9 Å². The van der Waals surface area contributed by atoms with Crippen molar-refractivity contribution in [3.63, 3.8) is 0 Å². The summed E-state index contributed by atoms with van der Waals surface area (Å²) < 4.78 is 67.6. The number of fused-ring (bicyclic) bond motifs is 1. The third-order valence-electron chi connectivity index (χ3n) is 5.32. The van der Waals surface area contributed by atoms with Gasteiger partial charge in [-0.25, -0.2) is 18.7 Å². The smallest absolute Gasteiger partial charge is 0.391 e. The van der Waals surface area contributed by atoms with Gasteiger partial charge in [0.05, 0.1) is 30.7 Å². The second-order valence-corrected chi connectivity index (χ2v) is 7.84. The molecule has 2 atom stereocenters. The Morgan fingerprint density at radius 2 is 1.97 bits per heavy atom. The summed E-state index contributed by atoms with van der Waals surface area (Å²) in [7, 11) is 0. The van der Waals surface area contributed by atoms with Crippen LogP contribution in [0.2, 0.25) is 0 Å². The number of carbonyl (C=O) groups is 2. The van der Waals surface area contributed by atoms with Gasteiger partial charge in [-0.05, 0) is 19.1 Å². The number of nitrogens with one attached hydrogen (secondary N) is 1. The summed E-state index contributed by atoms with van der Waals surface area (Å²) in [6.45, 7) is 0.578. The van der Waals surface area contributed by atoms with E-state index in [0.717, 1.165) is 21.7 Å². The first-order valence-electron chi connectivity index (χ1n) is 10.1. The standard InChI is InChI=1S/C21H16F5N5O4/c1-9(21(24,25)26)28-20(35)13-8-31(19-14(23)4-10(22)6-27-19)18-12(17(13)34)2-3-15(29-18)30-7-11(32)5-16(30)33/h2-4,6,8-9,11,32H,5,7H2,1H3,(H,28,35)/t9-,11-/m0/s1. The molecule has 1 saturated heterocycles. The number of rotatable bonds is 4. The molecule has 0 spiro atoms. The molecule has 2 amide bonds. The Kier molecular flexibility index (Phi) is 6.00. The minimum Gasteiger partial charge on any atom is -0.391 e. The van der Waals surface area contributed by atoms with Crippen LogP contribution in [0.5, 0.6) is 0 Å². The van der Waals surface area contributed by atoms with E-state index >= 15 is 0 Å².